The Morgan fingerprint density at radius 3 is 2.65 bits per heavy atom. The Bertz CT molecular complexity index is 348. The smallest absolute Gasteiger partial charge is 0.341 e. The van der Waals surface area contributed by atoms with E-state index in [9.17, 15) is 15.0 Å². The first-order valence-electron chi connectivity index (χ1n) is 7.69. The van der Waals surface area contributed by atoms with Crippen molar-refractivity contribution in [1.29, 1.82) is 0 Å². The Labute approximate surface area is 120 Å². The number of carbonyl (C=O) groups excluding carboxylic acids is 1. The van der Waals surface area contributed by atoms with Gasteiger partial charge in [-0.25, -0.2) is 4.79 Å². The predicted octanol–water partition coefficient (Wildman–Crippen LogP) is 0.782. The van der Waals surface area contributed by atoms with Gasteiger partial charge in [0.1, 0.15) is 0 Å². The molecule has 2 aliphatic rings. The van der Waals surface area contributed by atoms with E-state index in [2.05, 4.69) is 4.90 Å². The van der Waals surface area contributed by atoms with Crippen LogP contribution in [0.1, 0.15) is 40.0 Å². The summed E-state index contributed by atoms with van der Waals surface area (Å²) in [6.45, 7) is 7.43. The molecule has 0 amide bonds. The minimum atomic E-state index is -1.81. The number of esters is 1. The molecule has 2 heterocycles. The van der Waals surface area contributed by atoms with Crippen LogP contribution in [-0.2, 0) is 9.53 Å². The number of hydrogen-bond acceptors (Lipinski definition) is 5. The van der Waals surface area contributed by atoms with Crippen molar-refractivity contribution in [2.45, 2.75) is 57.8 Å². The van der Waals surface area contributed by atoms with Crippen molar-refractivity contribution < 1.29 is 19.7 Å². The van der Waals surface area contributed by atoms with Gasteiger partial charge >= 0.3 is 5.97 Å². The number of carbonyl (C=O) groups is 1. The van der Waals surface area contributed by atoms with Gasteiger partial charge in [-0.05, 0) is 45.2 Å². The fourth-order valence-electron chi connectivity index (χ4n) is 3.57. The molecular weight excluding hydrogens is 258 g/mol. The standard InChI is InChI=1S/C15H27NO4/c1-10(2)15(19,11(3)17)14(18)20-9-12-6-8-16-7-4-5-13(12)16/h10-13,17,19H,4-9H2,1-3H3/t11?,12-,13+,15?/m0/s1. The van der Waals surface area contributed by atoms with Gasteiger partial charge in [0, 0.05) is 12.0 Å². The molecule has 0 spiro atoms. The molecule has 0 radical (unpaired) electrons. The highest BCUT2D eigenvalue weighted by Crippen LogP contribution is 2.33. The average Bonchev–Trinajstić information content (AvgIpc) is 2.97. The van der Waals surface area contributed by atoms with Crippen molar-refractivity contribution in [2.75, 3.05) is 19.7 Å². The van der Waals surface area contributed by atoms with Crippen LogP contribution in [0.2, 0.25) is 0 Å². The second kappa shape index (κ2) is 6.00. The van der Waals surface area contributed by atoms with Crippen LogP contribution in [0.3, 0.4) is 0 Å². The molecule has 2 rings (SSSR count). The first-order chi connectivity index (χ1) is 9.37. The third kappa shape index (κ3) is 2.71. The summed E-state index contributed by atoms with van der Waals surface area (Å²) in [5, 5.41) is 20.1. The highest BCUT2D eigenvalue weighted by atomic mass is 16.6. The largest absolute Gasteiger partial charge is 0.463 e. The lowest BCUT2D eigenvalue weighted by molar-refractivity contribution is -0.186. The number of aliphatic hydroxyl groups is 2. The molecule has 2 unspecified atom stereocenters. The molecule has 20 heavy (non-hydrogen) atoms. The number of rotatable bonds is 5. The van der Waals surface area contributed by atoms with Gasteiger partial charge in [0.05, 0.1) is 12.7 Å². The molecule has 0 bridgehead atoms. The van der Waals surface area contributed by atoms with Gasteiger partial charge in [-0.15, -0.1) is 0 Å². The second-order valence-electron chi connectivity index (χ2n) is 6.55. The lowest BCUT2D eigenvalue weighted by Gasteiger charge is -2.33. The van der Waals surface area contributed by atoms with Crippen LogP contribution in [0.4, 0.5) is 0 Å². The lowest BCUT2D eigenvalue weighted by Crippen LogP contribution is -2.53. The minimum Gasteiger partial charge on any atom is -0.463 e. The fourth-order valence-corrected chi connectivity index (χ4v) is 3.57. The van der Waals surface area contributed by atoms with E-state index in [1.807, 2.05) is 0 Å². The Hall–Kier alpha value is -0.650. The summed E-state index contributed by atoms with van der Waals surface area (Å²) >= 11 is 0. The highest BCUT2D eigenvalue weighted by molar-refractivity contribution is 5.80. The minimum absolute atomic E-state index is 0.349. The average molecular weight is 285 g/mol. The summed E-state index contributed by atoms with van der Waals surface area (Å²) in [5.74, 6) is -0.715. The van der Waals surface area contributed by atoms with Gasteiger partial charge in [0.25, 0.3) is 0 Å². The molecule has 4 atom stereocenters. The summed E-state index contributed by atoms with van der Waals surface area (Å²) in [6.07, 6.45) is 2.31. The van der Waals surface area contributed by atoms with Gasteiger partial charge in [-0.3, -0.25) is 4.90 Å². The van der Waals surface area contributed by atoms with Gasteiger partial charge in [-0.2, -0.15) is 0 Å². The van der Waals surface area contributed by atoms with Crippen molar-refractivity contribution >= 4 is 5.97 Å². The topological polar surface area (TPSA) is 70.0 Å². The molecular formula is C15H27NO4. The quantitative estimate of drug-likeness (QED) is 0.731. The number of fused-ring (bicyclic) bond motifs is 1. The first-order valence-corrected chi connectivity index (χ1v) is 7.69. The zero-order chi connectivity index (χ0) is 14.9. The molecule has 5 heteroatoms. The van der Waals surface area contributed by atoms with Crippen LogP contribution in [0.5, 0.6) is 0 Å². The number of aliphatic hydroxyl groups excluding tert-OH is 1. The maximum atomic E-state index is 12.2. The summed E-state index contributed by atoms with van der Waals surface area (Å²) in [5.41, 5.74) is -1.81. The molecule has 116 valence electrons. The van der Waals surface area contributed by atoms with Crippen molar-refractivity contribution in [3.63, 3.8) is 0 Å². The SMILES string of the molecule is CC(C)C(O)(C(=O)OC[C@@H]1CCN2CCC[C@H]12)C(C)O. The van der Waals surface area contributed by atoms with E-state index in [0.29, 0.717) is 18.6 Å². The summed E-state index contributed by atoms with van der Waals surface area (Å²) in [4.78, 5) is 14.6. The van der Waals surface area contributed by atoms with E-state index >= 15 is 0 Å². The van der Waals surface area contributed by atoms with E-state index in [0.717, 1.165) is 19.5 Å². The zero-order valence-corrected chi connectivity index (χ0v) is 12.7. The molecule has 2 aliphatic heterocycles. The van der Waals surface area contributed by atoms with Crippen molar-refractivity contribution in [3.05, 3.63) is 0 Å². The van der Waals surface area contributed by atoms with E-state index in [-0.39, 0.29) is 5.92 Å². The highest BCUT2D eigenvalue weighted by Gasteiger charge is 2.46. The molecule has 0 aromatic carbocycles. The number of nitrogens with zero attached hydrogens (tertiary/aromatic N) is 1. The Kier molecular flexibility index (Phi) is 4.72. The molecule has 0 aromatic heterocycles. The van der Waals surface area contributed by atoms with Crippen molar-refractivity contribution in [2.24, 2.45) is 11.8 Å². The van der Waals surface area contributed by atoms with Crippen LogP contribution in [-0.4, -0.2) is 58.5 Å². The van der Waals surface area contributed by atoms with Crippen LogP contribution < -0.4 is 0 Å². The second-order valence-corrected chi connectivity index (χ2v) is 6.55. The molecule has 0 aromatic rings. The van der Waals surface area contributed by atoms with E-state index in [1.165, 1.54) is 19.8 Å². The summed E-state index contributed by atoms with van der Waals surface area (Å²) < 4.78 is 5.35. The molecule has 2 N–H and O–H groups in total. The molecule has 2 fully saturated rings. The Morgan fingerprint density at radius 2 is 2.05 bits per heavy atom. The fraction of sp³-hybridized carbons (Fsp3) is 0.933. The Morgan fingerprint density at radius 1 is 1.35 bits per heavy atom. The van der Waals surface area contributed by atoms with E-state index in [1.54, 1.807) is 13.8 Å². The Balaban J connectivity index is 1.91. The molecule has 2 saturated heterocycles. The van der Waals surface area contributed by atoms with Crippen LogP contribution in [0.15, 0.2) is 0 Å². The number of hydrogen-bond donors (Lipinski definition) is 2. The molecule has 0 aliphatic carbocycles. The maximum Gasteiger partial charge on any atom is 0.341 e. The lowest BCUT2D eigenvalue weighted by atomic mass is 9.85. The van der Waals surface area contributed by atoms with Crippen LogP contribution in [0, 0.1) is 11.8 Å². The van der Waals surface area contributed by atoms with Gasteiger partial charge in [0.15, 0.2) is 5.60 Å². The normalized spacial score (nSPS) is 31.1. The summed E-state index contributed by atoms with van der Waals surface area (Å²) in [7, 11) is 0. The monoisotopic (exact) mass is 285 g/mol. The summed E-state index contributed by atoms with van der Waals surface area (Å²) in [6, 6.07) is 0.529. The third-order valence-corrected chi connectivity index (χ3v) is 5.02. The van der Waals surface area contributed by atoms with E-state index in [4.69, 9.17) is 4.74 Å². The van der Waals surface area contributed by atoms with Crippen molar-refractivity contribution in [1.82, 2.24) is 4.90 Å². The third-order valence-electron chi connectivity index (χ3n) is 5.02. The predicted molar refractivity (Wildman–Crippen MR) is 75.1 cm³/mol. The maximum absolute atomic E-state index is 12.2. The van der Waals surface area contributed by atoms with Crippen LogP contribution in [0.25, 0.3) is 0 Å². The van der Waals surface area contributed by atoms with Gasteiger partial charge < -0.3 is 14.9 Å². The zero-order valence-electron chi connectivity index (χ0n) is 12.7. The molecule has 0 saturated carbocycles. The first kappa shape index (κ1) is 15.7. The van der Waals surface area contributed by atoms with E-state index < -0.39 is 17.7 Å². The van der Waals surface area contributed by atoms with Crippen LogP contribution >= 0.6 is 0 Å². The van der Waals surface area contributed by atoms with Crippen molar-refractivity contribution in [3.8, 4) is 0 Å². The molecule has 5 nitrogen and oxygen atoms in total. The number of ether oxygens (including phenoxy) is 1. The van der Waals surface area contributed by atoms with Gasteiger partial charge in [0.2, 0.25) is 0 Å². The van der Waals surface area contributed by atoms with Gasteiger partial charge in [-0.1, -0.05) is 13.8 Å².